The zero-order valence-electron chi connectivity index (χ0n) is 16.9. The van der Waals surface area contributed by atoms with Crippen LogP contribution in [0.2, 0.25) is 0 Å². The molecule has 0 N–H and O–H groups in total. The van der Waals surface area contributed by atoms with Gasteiger partial charge < -0.3 is 4.74 Å². The molecule has 1 aromatic heterocycles. The molecule has 0 saturated heterocycles. The van der Waals surface area contributed by atoms with Gasteiger partial charge in [-0.25, -0.2) is 0 Å². The van der Waals surface area contributed by atoms with Gasteiger partial charge in [-0.05, 0) is 18.1 Å². The fourth-order valence-electron chi connectivity index (χ4n) is 3.23. The number of carbonyl (C=O) groups is 1. The van der Waals surface area contributed by atoms with Gasteiger partial charge in [0, 0.05) is 28.3 Å². The molecule has 0 aliphatic carbocycles. The first-order valence-electron chi connectivity index (χ1n) is 9.63. The van der Waals surface area contributed by atoms with Crippen molar-refractivity contribution < 1.29 is 9.53 Å². The van der Waals surface area contributed by atoms with E-state index in [0.29, 0.717) is 28.3 Å². The molecule has 2 heterocycles. The summed E-state index contributed by atoms with van der Waals surface area (Å²) in [5.74, 6) is 1.61. The summed E-state index contributed by atoms with van der Waals surface area (Å²) < 4.78 is 7.22. The fraction of sp³-hybridized carbons (Fsp3) is 0.273. The zero-order chi connectivity index (χ0) is 21.3. The van der Waals surface area contributed by atoms with Gasteiger partial charge >= 0.3 is 0 Å². The second kappa shape index (κ2) is 8.73. The molecule has 2 aromatic carbocycles. The Kier molecular flexibility index (Phi) is 6.06. The molecule has 1 aliphatic rings. The number of amides is 1. The molecule has 0 saturated carbocycles. The summed E-state index contributed by atoms with van der Waals surface area (Å²) in [5.41, 5.74) is 2.83. The van der Waals surface area contributed by atoms with E-state index in [9.17, 15) is 4.79 Å². The molecular formula is C22H21BrN4O2S. The highest BCUT2D eigenvalue weighted by Gasteiger charge is 2.35. The number of hydrogen-bond acceptors (Lipinski definition) is 6. The number of carbonyl (C=O) groups excluding carboxylic acids is 1. The van der Waals surface area contributed by atoms with E-state index in [2.05, 4.69) is 45.0 Å². The van der Waals surface area contributed by atoms with Crippen molar-refractivity contribution in [2.45, 2.75) is 32.2 Å². The van der Waals surface area contributed by atoms with Crippen molar-refractivity contribution in [2.75, 3.05) is 10.7 Å². The van der Waals surface area contributed by atoms with E-state index in [1.807, 2.05) is 48.5 Å². The predicted molar refractivity (Wildman–Crippen MR) is 121 cm³/mol. The Labute approximate surface area is 188 Å². The molecule has 1 atom stereocenters. The van der Waals surface area contributed by atoms with E-state index in [0.717, 1.165) is 21.4 Å². The predicted octanol–water partition coefficient (Wildman–Crippen LogP) is 5.49. The van der Waals surface area contributed by atoms with Crippen molar-refractivity contribution in [1.82, 2.24) is 15.2 Å². The highest BCUT2D eigenvalue weighted by molar-refractivity contribution is 9.10. The Bertz CT molecular complexity index is 1090. The Morgan fingerprint density at radius 2 is 1.90 bits per heavy atom. The SMILES string of the molecule is CC(=O)N1c2ccccc2-c2nnc(SCC(C)C)nc2O[C@H]1c1ccccc1Br. The van der Waals surface area contributed by atoms with Gasteiger partial charge in [-0.2, -0.15) is 4.98 Å². The van der Waals surface area contributed by atoms with Crippen LogP contribution in [-0.4, -0.2) is 26.8 Å². The number of fused-ring (bicyclic) bond motifs is 3. The lowest BCUT2D eigenvalue weighted by atomic mass is 10.1. The van der Waals surface area contributed by atoms with Gasteiger partial charge in [0.05, 0.1) is 5.69 Å². The van der Waals surface area contributed by atoms with Crippen LogP contribution in [0.25, 0.3) is 11.3 Å². The minimum absolute atomic E-state index is 0.140. The number of anilines is 1. The highest BCUT2D eigenvalue weighted by atomic mass is 79.9. The van der Waals surface area contributed by atoms with E-state index in [1.165, 1.54) is 6.92 Å². The van der Waals surface area contributed by atoms with E-state index < -0.39 is 6.23 Å². The molecule has 0 spiro atoms. The highest BCUT2D eigenvalue weighted by Crippen LogP contribution is 2.44. The van der Waals surface area contributed by atoms with Crippen LogP contribution in [0, 0.1) is 5.92 Å². The van der Waals surface area contributed by atoms with Crippen LogP contribution in [0.3, 0.4) is 0 Å². The number of halogens is 1. The molecule has 8 heteroatoms. The molecular weight excluding hydrogens is 464 g/mol. The molecule has 0 unspecified atom stereocenters. The average molecular weight is 485 g/mol. The summed E-state index contributed by atoms with van der Waals surface area (Å²) in [4.78, 5) is 19.1. The third-order valence-electron chi connectivity index (χ3n) is 4.57. The summed E-state index contributed by atoms with van der Waals surface area (Å²) in [6.07, 6.45) is -0.694. The van der Waals surface area contributed by atoms with Gasteiger partial charge in [0.1, 0.15) is 0 Å². The van der Waals surface area contributed by atoms with Crippen LogP contribution in [0.1, 0.15) is 32.6 Å². The van der Waals surface area contributed by atoms with Crippen molar-refractivity contribution in [2.24, 2.45) is 5.92 Å². The summed E-state index contributed by atoms with van der Waals surface area (Å²) in [5, 5.41) is 9.29. The minimum atomic E-state index is -0.694. The first kappa shape index (κ1) is 20.8. The molecule has 1 amide bonds. The first-order chi connectivity index (χ1) is 14.5. The van der Waals surface area contributed by atoms with Crippen molar-refractivity contribution >= 4 is 39.3 Å². The lowest BCUT2D eigenvalue weighted by molar-refractivity contribution is -0.118. The standard InChI is InChI=1S/C22H21BrN4O2S/c1-13(2)12-30-22-24-20-19(25-26-22)16-9-5-7-11-18(16)27(14(3)28)21(29-20)15-8-4-6-10-17(15)23/h4-11,13,21H,12H2,1-3H3/t21-/m0/s1. The van der Waals surface area contributed by atoms with Crippen LogP contribution >= 0.6 is 27.7 Å². The number of rotatable bonds is 4. The molecule has 0 radical (unpaired) electrons. The summed E-state index contributed by atoms with van der Waals surface area (Å²) in [6.45, 7) is 5.82. The van der Waals surface area contributed by atoms with Crippen LogP contribution < -0.4 is 9.64 Å². The number of ether oxygens (including phenoxy) is 1. The maximum atomic E-state index is 12.8. The van der Waals surface area contributed by atoms with Gasteiger partial charge in [-0.1, -0.05) is 77.9 Å². The Hall–Kier alpha value is -2.45. The maximum absolute atomic E-state index is 12.8. The average Bonchev–Trinajstić information content (AvgIpc) is 2.86. The van der Waals surface area contributed by atoms with Crippen molar-refractivity contribution in [3.63, 3.8) is 0 Å². The number of para-hydroxylation sites is 1. The van der Waals surface area contributed by atoms with Crippen molar-refractivity contribution in [3.05, 3.63) is 58.6 Å². The van der Waals surface area contributed by atoms with Crippen LogP contribution in [0.4, 0.5) is 5.69 Å². The summed E-state index contributed by atoms with van der Waals surface area (Å²) >= 11 is 5.14. The van der Waals surface area contributed by atoms with Crippen molar-refractivity contribution in [3.8, 4) is 17.1 Å². The Balaban J connectivity index is 1.89. The van der Waals surface area contributed by atoms with Crippen LogP contribution in [0.15, 0.2) is 58.2 Å². The topological polar surface area (TPSA) is 68.2 Å². The lowest BCUT2D eigenvalue weighted by Gasteiger charge is -2.30. The van der Waals surface area contributed by atoms with Crippen LogP contribution in [0.5, 0.6) is 5.88 Å². The van der Waals surface area contributed by atoms with Crippen molar-refractivity contribution in [1.29, 1.82) is 0 Å². The third kappa shape index (κ3) is 4.06. The maximum Gasteiger partial charge on any atom is 0.247 e. The van der Waals surface area contributed by atoms with E-state index in [1.54, 1.807) is 16.7 Å². The second-order valence-corrected chi connectivity index (χ2v) is 9.19. The van der Waals surface area contributed by atoms with E-state index >= 15 is 0 Å². The largest absolute Gasteiger partial charge is 0.447 e. The van der Waals surface area contributed by atoms with Gasteiger partial charge in [-0.15, -0.1) is 10.2 Å². The lowest BCUT2D eigenvalue weighted by Crippen LogP contribution is -2.36. The van der Waals surface area contributed by atoms with Crippen LogP contribution in [-0.2, 0) is 4.79 Å². The molecule has 154 valence electrons. The molecule has 6 nitrogen and oxygen atoms in total. The molecule has 0 fully saturated rings. The third-order valence-corrected chi connectivity index (χ3v) is 6.55. The first-order valence-corrected chi connectivity index (χ1v) is 11.4. The smallest absolute Gasteiger partial charge is 0.247 e. The fourth-order valence-corrected chi connectivity index (χ4v) is 4.44. The quantitative estimate of drug-likeness (QED) is 0.455. The molecule has 0 bridgehead atoms. The van der Waals surface area contributed by atoms with Gasteiger partial charge in [0.2, 0.25) is 23.2 Å². The summed E-state index contributed by atoms with van der Waals surface area (Å²) in [7, 11) is 0. The number of aromatic nitrogens is 3. The number of hydrogen-bond donors (Lipinski definition) is 0. The number of thioether (sulfide) groups is 1. The molecule has 30 heavy (non-hydrogen) atoms. The van der Waals surface area contributed by atoms with Gasteiger partial charge in [0.15, 0.2) is 5.69 Å². The minimum Gasteiger partial charge on any atom is -0.447 e. The Morgan fingerprint density at radius 1 is 1.17 bits per heavy atom. The van der Waals surface area contributed by atoms with Gasteiger partial charge in [0.25, 0.3) is 0 Å². The zero-order valence-corrected chi connectivity index (χ0v) is 19.3. The monoisotopic (exact) mass is 484 g/mol. The molecule has 1 aliphatic heterocycles. The molecule has 4 rings (SSSR count). The Morgan fingerprint density at radius 3 is 2.63 bits per heavy atom. The summed E-state index contributed by atoms with van der Waals surface area (Å²) in [6, 6.07) is 15.3. The molecule has 3 aromatic rings. The number of nitrogens with zero attached hydrogens (tertiary/aromatic N) is 4. The second-order valence-electron chi connectivity index (χ2n) is 7.35. The van der Waals surface area contributed by atoms with E-state index in [-0.39, 0.29) is 5.91 Å². The normalized spacial score (nSPS) is 15.2. The number of benzene rings is 2. The van der Waals surface area contributed by atoms with E-state index in [4.69, 9.17) is 4.74 Å². The van der Waals surface area contributed by atoms with Gasteiger partial charge in [-0.3, -0.25) is 9.69 Å².